The fourth-order valence-electron chi connectivity index (χ4n) is 6.09. The zero-order valence-electron chi connectivity index (χ0n) is 23.7. The molecule has 2 amide bonds. The number of hydrogen-bond donors (Lipinski definition) is 1. The number of carbonyl (C=O) groups excluding carboxylic acids is 3. The van der Waals surface area contributed by atoms with Crippen molar-refractivity contribution < 1.29 is 18.8 Å². The molecule has 1 aliphatic heterocycles. The highest BCUT2D eigenvalue weighted by Crippen LogP contribution is 2.59. The second-order valence-corrected chi connectivity index (χ2v) is 12.0. The lowest BCUT2D eigenvalue weighted by molar-refractivity contribution is -0.140. The topological polar surface area (TPSA) is 110 Å². The number of aromatic nitrogens is 4. The van der Waals surface area contributed by atoms with Crippen molar-refractivity contribution in [3.63, 3.8) is 0 Å². The Morgan fingerprint density at radius 1 is 1.14 bits per heavy atom. The number of nitrogens with zero attached hydrogens (tertiary/aromatic N) is 5. The molecule has 1 N–H and O–H groups in total. The van der Waals surface area contributed by atoms with Crippen LogP contribution in [0.2, 0.25) is 5.02 Å². The number of aryl methyl sites for hydroxylation is 1. The van der Waals surface area contributed by atoms with Gasteiger partial charge < -0.3 is 10.2 Å². The van der Waals surface area contributed by atoms with E-state index in [1.807, 2.05) is 18.2 Å². The predicted octanol–water partition coefficient (Wildman–Crippen LogP) is 5.05. The summed E-state index contributed by atoms with van der Waals surface area (Å²) in [4.78, 5) is 50.0. The lowest BCUT2D eigenvalue weighted by Gasteiger charge is -2.28. The van der Waals surface area contributed by atoms with E-state index in [-0.39, 0.29) is 51.9 Å². The molecular weight excluding hydrogens is 559 g/mol. The summed E-state index contributed by atoms with van der Waals surface area (Å²) in [7, 11) is 0. The molecule has 4 atom stereocenters. The van der Waals surface area contributed by atoms with Gasteiger partial charge in [-0.05, 0) is 55.9 Å². The average Bonchev–Trinajstić information content (AvgIpc) is 3.32. The van der Waals surface area contributed by atoms with Crippen molar-refractivity contribution in [1.29, 1.82) is 0 Å². The number of carbonyl (C=O) groups is 3. The number of piperidine rings is 1. The monoisotopic (exact) mass is 588 g/mol. The van der Waals surface area contributed by atoms with Crippen LogP contribution in [0.15, 0.2) is 48.8 Å². The number of fused-ring (bicyclic) bond motifs is 2. The number of nitrogens with one attached hydrogen (secondary N) is 1. The van der Waals surface area contributed by atoms with Gasteiger partial charge in [-0.3, -0.25) is 19.1 Å². The highest BCUT2D eigenvalue weighted by Gasteiger charge is 2.64. The summed E-state index contributed by atoms with van der Waals surface area (Å²) in [5.74, 6) is -0.755. The molecule has 11 heteroatoms. The molecule has 2 aliphatic rings. The van der Waals surface area contributed by atoms with Crippen LogP contribution in [0, 0.1) is 18.2 Å². The number of hydrogen-bond acceptors (Lipinski definition) is 6. The van der Waals surface area contributed by atoms with Gasteiger partial charge in [0.25, 0.3) is 0 Å². The van der Waals surface area contributed by atoms with E-state index in [1.54, 1.807) is 43.3 Å². The van der Waals surface area contributed by atoms with Gasteiger partial charge in [0, 0.05) is 41.9 Å². The normalized spacial score (nSPS) is 21.7. The number of benzene rings is 2. The first-order valence-corrected chi connectivity index (χ1v) is 14.2. The second-order valence-electron chi connectivity index (χ2n) is 11.6. The maximum atomic E-state index is 14.6. The summed E-state index contributed by atoms with van der Waals surface area (Å²) in [6.45, 7) is 6.87. The van der Waals surface area contributed by atoms with Crippen LogP contribution in [-0.2, 0) is 16.1 Å². The molecular formula is C31H30ClFN6O3. The maximum Gasteiger partial charge on any atom is 0.245 e. The summed E-state index contributed by atoms with van der Waals surface area (Å²) in [5, 5.41) is 8.00. The Hall–Kier alpha value is -4.18. The molecule has 1 saturated carbocycles. The van der Waals surface area contributed by atoms with Crippen LogP contribution in [0.5, 0.6) is 0 Å². The van der Waals surface area contributed by atoms with Gasteiger partial charge in [-0.1, -0.05) is 36.7 Å². The van der Waals surface area contributed by atoms with Gasteiger partial charge in [0.1, 0.15) is 29.9 Å². The molecule has 216 valence electrons. The summed E-state index contributed by atoms with van der Waals surface area (Å²) in [5.41, 5.74) is 2.65. The first kappa shape index (κ1) is 28.0. The minimum Gasteiger partial charge on any atom is -0.348 e. The number of amides is 2. The van der Waals surface area contributed by atoms with Gasteiger partial charge in [-0.2, -0.15) is 5.10 Å². The standard InChI is InChI=1S/C31H30ClFN6O3/c1-16(21-6-5-7-23(32)28(21)33)36-30(42)25-11-31(4)12-26(31)39(25)27(41)15-38-24-9-8-19(20-13-34-18(3)35-14-20)10-22(24)29(37-38)17(2)40/h5-10,13-14,16,25-26H,11-12,15H2,1-4H3,(H,36,42)/t16-,25-,26+,31-/m0/s1. The Morgan fingerprint density at radius 2 is 1.88 bits per heavy atom. The molecule has 2 aromatic heterocycles. The van der Waals surface area contributed by atoms with E-state index in [9.17, 15) is 18.8 Å². The van der Waals surface area contributed by atoms with Gasteiger partial charge in [0.05, 0.1) is 16.6 Å². The average molecular weight is 589 g/mol. The van der Waals surface area contributed by atoms with E-state index in [0.29, 0.717) is 23.1 Å². The molecule has 0 unspecified atom stereocenters. The van der Waals surface area contributed by atoms with E-state index in [1.165, 1.54) is 17.7 Å². The third kappa shape index (κ3) is 4.83. The SMILES string of the molecule is CC(=O)c1nn(CC(=O)N2[C@H](C(=O)N[C@@H](C)c3cccc(Cl)c3F)C[C@@]3(C)C[C@@H]23)c2ccc(-c3cnc(C)nc3)cc12. The number of Topliss-reactive ketones (excluding diaryl/α,β-unsaturated/α-hetero) is 1. The van der Waals surface area contributed by atoms with Crippen molar-refractivity contribution in [2.75, 3.05) is 0 Å². The molecule has 3 heterocycles. The van der Waals surface area contributed by atoms with Gasteiger partial charge in [0.2, 0.25) is 11.8 Å². The van der Waals surface area contributed by atoms with Crippen LogP contribution >= 0.6 is 11.6 Å². The molecule has 1 saturated heterocycles. The van der Waals surface area contributed by atoms with Crippen LogP contribution in [0.1, 0.15) is 61.5 Å². The molecule has 4 aromatic rings. The van der Waals surface area contributed by atoms with E-state index < -0.39 is 17.9 Å². The second kappa shape index (κ2) is 10.3. The Balaban J connectivity index is 1.26. The van der Waals surface area contributed by atoms with Gasteiger partial charge in [0.15, 0.2) is 5.78 Å². The van der Waals surface area contributed by atoms with Crippen LogP contribution in [-0.4, -0.2) is 54.3 Å². The first-order valence-electron chi connectivity index (χ1n) is 13.8. The Morgan fingerprint density at radius 3 is 2.60 bits per heavy atom. The van der Waals surface area contributed by atoms with E-state index in [2.05, 4.69) is 27.3 Å². The third-order valence-corrected chi connectivity index (χ3v) is 8.81. The van der Waals surface area contributed by atoms with Crippen molar-refractivity contribution >= 4 is 40.1 Å². The van der Waals surface area contributed by atoms with Crippen molar-refractivity contribution in [1.82, 2.24) is 30.0 Å². The Labute approximate surface area is 247 Å². The highest BCUT2D eigenvalue weighted by atomic mass is 35.5. The molecule has 0 radical (unpaired) electrons. The summed E-state index contributed by atoms with van der Waals surface area (Å²) >= 11 is 5.94. The molecule has 6 rings (SSSR count). The van der Waals surface area contributed by atoms with Crippen LogP contribution < -0.4 is 5.32 Å². The van der Waals surface area contributed by atoms with Crippen LogP contribution in [0.25, 0.3) is 22.0 Å². The van der Waals surface area contributed by atoms with Crippen LogP contribution in [0.4, 0.5) is 4.39 Å². The Kier molecular flexibility index (Phi) is 6.84. The van der Waals surface area contributed by atoms with E-state index >= 15 is 0 Å². The molecule has 42 heavy (non-hydrogen) atoms. The molecule has 2 fully saturated rings. The van der Waals surface area contributed by atoms with Crippen molar-refractivity contribution in [2.24, 2.45) is 5.41 Å². The fourth-order valence-corrected chi connectivity index (χ4v) is 6.28. The summed E-state index contributed by atoms with van der Waals surface area (Å²) in [6, 6.07) is 8.82. The molecule has 9 nitrogen and oxygen atoms in total. The number of likely N-dealkylation sites (tertiary alicyclic amines) is 1. The lowest BCUT2D eigenvalue weighted by Crippen LogP contribution is -2.49. The van der Waals surface area contributed by atoms with E-state index in [0.717, 1.165) is 17.5 Å². The molecule has 0 spiro atoms. The Bertz CT molecular complexity index is 1760. The molecule has 0 bridgehead atoms. The van der Waals surface area contributed by atoms with Gasteiger partial charge in [-0.25, -0.2) is 14.4 Å². The zero-order valence-corrected chi connectivity index (χ0v) is 24.4. The smallest absolute Gasteiger partial charge is 0.245 e. The maximum absolute atomic E-state index is 14.6. The third-order valence-electron chi connectivity index (χ3n) is 8.52. The number of ketones is 1. The minimum atomic E-state index is -0.701. The van der Waals surface area contributed by atoms with Crippen molar-refractivity contribution in [3.8, 4) is 11.1 Å². The predicted molar refractivity (Wildman–Crippen MR) is 155 cm³/mol. The highest BCUT2D eigenvalue weighted by molar-refractivity contribution is 6.30. The van der Waals surface area contributed by atoms with Gasteiger partial charge in [-0.15, -0.1) is 0 Å². The first-order chi connectivity index (χ1) is 20.0. The summed E-state index contributed by atoms with van der Waals surface area (Å²) < 4.78 is 16.1. The van der Waals surface area contributed by atoms with Gasteiger partial charge >= 0.3 is 0 Å². The summed E-state index contributed by atoms with van der Waals surface area (Å²) in [6.07, 6.45) is 4.76. The lowest BCUT2D eigenvalue weighted by atomic mass is 10.0. The van der Waals surface area contributed by atoms with Crippen molar-refractivity contribution in [2.45, 2.75) is 65.2 Å². The fraction of sp³-hybridized carbons (Fsp3) is 0.355. The number of rotatable bonds is 7. The minimum absolute atomic E-state index is 0.0178. The largest absolute Gasteiger partial charge is 0.348 e. The zero-order chi connectivity index (χ0) is 29.9. The van der Waals surface area contributed by atoms with Crippen LogP contribution in [0.3, 0.4) is 0 Å². The number of halogens is 2. The quantitative estimate of drug-likeness (QED) is 0.302. The van der Waals surface area contributed by atoms with Crippen molar-refractivity contribution in [3.05, 3.63) is 76.7 Å². The molecule has 2 aromatic carbocycles. The molecule has 1 aliphatic carbocycles. The van der Waals surface area contributed by atoms with E-state index in [4.69, 9.17) is 11.6 Å².